The summed E-state index contributed by atoms with van der Waals surface area (Å²) in [5.41, 5.74) is 2.82. The fourth-order valence-corrected chi connectivity index (χ4v) is 6.07. The number of likely N-dealkylation sites (tertiary alicyclic amines) is 1. The highest BCUT2D eigenvalue weighted by Crippen LogP contribution is 2.44. The van der Waals surface area contributed by atoms with Gasteiger partial charge in [-0.3, -0.25) is 14.5 Å². The molecule has 4 atom stereocenters. The lowest BCUT2D eigenvalue weighted by atomic mass is 9.87. The summed E-state index contributed by atoms with van der Waals surface area (Å²) in [7, 11) is 0. The standard InChI is InChI=1S/C30H32FN3O4/c1-30(2,3)38-29(37)34-23-8-6-21(13-23)28(34)26(35)11-17(16-32)10-20-5-4-19(14-24(20)31)18-7-9-25-22(12-18)15-27(36)33-25/h4-5,7,9,12,14,17,21,23,28H,6,8,10-11,13,15H2,1-3H3,(H,33,36)/t17?,21-,23+,28-/m0/s1. The van der Waals surface area contributed by atoms with E-state index in [2.05, 4.69) is 11.4 Å². The van der Waals surface area contributed by atoms with E-state index in [1.807, 2.05) is 18.2 Å². The third-order valence-corrected chi connectivity index (χ3v) is 7.73. The van der Waals surface area contributed by atoms with E-state index >= 15 is 4.39 Å². The van der Waals surface area contributed by atoms with Crippen LogP contribution < -0.4 is 5.32 Å². The fraction of sp³-hybridized carbons (Fsp3) is 0.467. The molecule has 1 aliphatic carbocycles. The highest BCUT2D eigenvalue weighted by atomic mass is 19.1. The molecule has 2 amide bonds. The van der Waals surface area contributed by atoms with Gasteiger partial charge in [-0.1, -0.05) is 18.2 Å². The Labute approximate surface area is 222 Å². The Morgan fingerprint density at radius 1 is 1.18 bits per heavy atom. The second-order valence-electron chi connectivity index (χ2n) is 11.7. The van der Waals surface area contributed by atoms with E-state index in [4.69, 9.17) is 4.74 Å². The number of piperidine rings is 1. The summed E-state index contributed by atoms with van der Waals surface area (Å²) in [5, 5.41) is 12.6. The smallest absolute Gasteiger partial charge is 0.411 e. The van der Waals surface area contributed by atoms with Gasteiger partial charge < -0.3 is 10.1 Å². The maximum atomic E-state index is 15.1. The summed E-state index contributed by atoms with van der Waals surface area (Å²) < 4.78 is 20.7. The molecule has 7 nitrogen and oxygen atoms in total. The van der Waals surface area contributed by atoms with Gasteiger partial charge in [0.15, 0.2) is 5.78 Å². The average Bonchev–Trinajstić information content (AvgIpc) is 3.56. The van der Waals surface area contributed by atoms with Crippen molar-refractivity contribution in [2.75, 3.05) is 5.32 Å². The van der Waals surface area contributed by atoms with Crippen LogP contribution >= 0.6 is 0 Å². The zero-order chi connectivity index (χ0) is 27.2. The Morgan fingerprint density at radius 2 is 1.92 bits per heavy atom. The van der Waals surface area contributed by atoms with Crippen LogP contribution in [0.2, 0.25) is 0 Å². The first-order valence-electron chi connectivity index (χ1n) is 13.2. The minimum Gasteiger partial charge on any atom is -0.444 e. The van der Waals surface area contributed by atoms with Crippen molar-refractivity contribution < 1.29 is 23.5 Å². The first kappa shape index (κ1) is 25.9. The van der Waals surface area contributed by atoms with E-state index in [9.17, 15) is 19.6 Å². The lowest BCUT2D eigenvalue weighted by molar-refractivity contribution is -0.126. The van der Waals surface area contributed by atoms with Crippen molar-refractivity contribution in [1.82, 2.24) is 4.90 Å². The quantitative estimate of drug-likeness (QED) is 0.552. The van der Waals surface area contributed by atoms with Crippen molar-refractivity contribution in [2.45, 2.75) is 77.0 Å². The molecular weight excluding hydrogens is 485 g/mol. The van der Waals surface area contributed by atoms with Gasteiger partial charge in [0.05, 0.1) is 24.4 Å². The molecule has 2 bridgehead atoms. The lowest BCUT2D eigenvalue weighted by Gasteiger charge is -2.35. The number of ether oxygens (including phenoxy) is 1. The Hall–Kier alpha value is -3.73. The van der Waals surface area contributed by atoms with Crippen LogP contribution in [0.1, 0.15) is 57.6 Å². The van der Waals surface area contributed by atoms with Gasteiger partial charge in [-0.15, -0.1) is 0 Å². The van der Waals surface area contributed by atoms with Gasteiger partial charge in [-0.05, 0) is 92.8 Å². The van der Waals surface area contributed by atoms with E-state index in [1.54, 1.807) is 37.8 Å². The molecule has 38 heavy (non-hydrogen) atoms. The molecule has 2 fully saturated rings. The van der Waals surface area contributed by atoms with Crippen molar-refractivity contribution in [3.8, 4) is 17.2 Å². The number of nitrogens with zero attached hydrogens (tertiary/aromatic N) is 2. The summed E-state index contributed by atoms with van der Waals surface area (Å²) in [4.78, 5) is 39.5. The molecule has 2 aromatic carbocycles. The van der Waals surface area contributed by atoms with Gasteiger partial charge in [0.2, 0.25) is 5.91 Å². The zero-order valence-corrected chi connectivity index (χ0v) is 21.9. The number of carbonyl (C=O) groups is 3. The number of hydrogen-bond acceptors (Lipinski definition) is 5. The number of rotatable bonds is 6. The molecule has 5 rings (SSSR count). The number of anilines is 1. The Bertz CT molecular complexity index is 1340. The predicted molar refractivity (Wildman–Crippen MR) is 140 cm³/mol. The summed E-state index contributed by atoms with van der Waals surface area (Å²) >= 11 is 0. The Kier molecular flexibility index (Phi) is 6.72. The maximum Gasteiger partial charge on any atom is 0.411 e. The van der Waals surface area contributed by atoms with Crippen LogP contribution in [0, 0.1) is 29.0 Å². The highest BCUT2D eigenvalue weighted by Gasteiger charge is 2.52. The monoisotopic (exact) mass is 517 g/mol. The average molecular weight is 518 g/mol. The number of amides is 2. The largest absolute Gasteiger partial charge is 0.444 e. The molecule has 2 aromatic rings. The lowest BCUT2D eigenvalue weighted by Crippen LogP contribution is -2.51. The van der Waals surface area contributed by atoms with Crippen LogP contribution in [0.3, 0.4) is 0 Å². The first-order chi connectivity index (χ1) is 18.0. The van der Waals surface area contributed by atoms with Gasteiger partial charge in [0.1, 0.15) is 11.4 Å². The van der Waals surface area contributed by atoms with Crippen molar-refractivity contribution in [3.05, 3.63) is 53.3 Å². The number of nitriles is 1. The zero-order valence-electron chi connectivity index (χ0n) is 21.9. The van der Waals surface area contributed by atoms with Gasteiger partial charge >= 0.3 is 6.09 Å². The Balaban J connectivity index is 1.27. The SMILES string of the molecule is CC(C)(C)OC(=O)N1[C@@H]2CC[C@@H](C2)[C@H]1C(=O)CC(C#N)Cc1ccc(-c2ccc3c(c2)CC(=O)N3)cc1F. The third-order valence-electron chi connectivity index (χ3n) is 7.73. The number of ketones is 1. The van der Waals surface area contributed by atoms with Crippen molar-refractivity contribution in [3.63, 3.8) is 0 Å². The van der Waals surface area contributed by atoms with E-state index in [-0.39, 0.29) is 36.5 Å². The summed E-state index contributed by atoms with van der Waals surface area (Å²) in [6, 6.07) is 12.0. The number of benzene rings is 2. The number of nitrogens with one attached hydrogen (secondary N) is 1. The van der Waals surface area contributed by atoms with Crippen LogP contribution in [0.25, 0.3) is 11.1 Å². The number of halogens is 1. The molecule has 1 unspecified atom stereocenters. The van der Waals surface area contributed by atoms with Crippen molar-refractivity contribution >= 4 is 23.5 Å². The molecule has 0 radical (unpaired) electrons. The predicted octanol–water partition coefficient (Wildman–Crippen LogP) is 5.42. The van der Waals surface area contributed by atoms with Crippen molar-refractivity contribution in [1.29, 1.82) is 5.26 Å². The molecular formula is C30H32FN3O4. The first-order valence-corrected chi connectivity index (χ1v) is 13.2. The van der Waals surface area contributed by atoms with Gasteiger partial charge in [-0.2, -0.15) is 5.26 Å². The number of hydrogen-bond donors (Lipinski definition) is 1. The normalized spacial score (nSPS) is 22.6. The van der Waals surface area contributed by atoms with Crippen LogP contribution in [-0.4, -0.2) is 40.4 Å². The van der Waals surface area contributed by atoms with Crippen LogP contribution in [-0.2, 0) is 27.2 Å². The number of carbonyl (C=O) groups excluding carboxylic acids is 3. The van der Waals surface area contributed by atoms with Crippen LogP contribution in [0.4, 0.5) is 14.9 Å². The number of Topliss-reactive ketones (excluding diaryl/α,β-unsaturated/α-hetero) is 1. The molecule has 1 saturated carbocycles. The maximum absolute atomic E-state index is 15.1. The molecule has 2 aliphatic heterocycles. The Morgan fingerprint density at radius 3 is 2.63 bits per heavy atom. The topological polar surface area (TPSA) is 99.5 Å². The summed E-state index contributed by atoms with van der Waals surface area (Å²) in [6.45, 7) is 5.39. The molecule has 0 aromatic heterocycles. The minimum absolute atomic E-state index is 0.0116. The molecule has 1 N–H and O–H groups in total. The van der Waals surface area contributed by atoms with Gasteiger partial charge in [-0.25, -0.2) is 9.18 Å². The van der Waals surface area contributed by atoms with E-state index in [1.165, 1.54) is 6.07 Å². The van der Waals surface area contributed by atoms with E-state index < -0.39 is 29.5 Å². The molecule has 0 spiro atoms. The fourth-order valence-electron chi connectivity index (χ4n) is 6.07. The molecule has 1 saturated heterocycles. The van der Waals surface area contributed by atoms with Crippen LogP contribution in [0.5, 0.6) is 0 Å². The van der Waals surface area contributed by atoms with Crippen molar-refractivity contribution in [2.24, 2.45) is 11.8 Å². The van der Waals surface area contributed by atoms with Crippen LogP contribution in [0.15, 0.2) is 36.4 Å². The highest BCUT2D eigenvalue weighted by molar-refractivity contribution is 5.99. The second kappa shape index (κ2) is 9.86. The summed E-state index contributed by atoms with van der Waals surface area (Å²) in [6.07, 6.45) is 2.38. The molecule has 198 valence electrons. The number of fused-ring (bicyclic) bond motifs is 3. The van der Waals surface area contributed by atoms with E-state index in [0.717, 1.165) is 36.1 Å². The molecule has 3 aliphatic rings. The minimum atomic E-state index is -0.709. The molecule has 8 heteroatoms. The van der Waals surface area contributed by atoms with E-state index in [0.29, 0.717) is 17.5 Å². The third kappa shape index (κ3) is 5.15. The summed E-state index contributed by atoms with van der Waals surface area (Å²) in [5.74, 6) is -1.30. The second-order valence-corrected chi connectivity index (χ2v) is 11.7. The molecule has 2 heterocycles. The van der Waals surface area contributed by atoms with Gasteiger partial charge in [0, 0.05) is 18.2 Å². The van der Waals surface area contributed by atoms with Gasteiger partial charge in [0.25, 0.3) is 0 Å².